The van der Waals surface area contributed by atoms with E-state index in [1.54, 1.807) is 0 Å². The number of anilines is 1. The van der Waals surface area contributed by atoms with E-state index in [-0.39, 0.29) is 0 Å². The van der Waals surface area contributed by atoms with Crippen LogP contribution in [0.4, 0.5) is 5.69 Å². The molecule has 2 fully saturated rings. The van der Waals surface area contributed by atoms with Crippen molar-refractivity contribution in [2.45, 2.75) is 31.2 Å². The van der Waals surface area contributed by atoms with Crippen LogP contribution in [0.2, 0.25) is 0 Å². The van der Waals surface area contributed by atoms with Crippen LogP contribution in [0.5, 0.6) is 0 Å². The molecule has 0 radical (unpaired) electrons. The molecule has 3 rings (SSSR count). The Balaban J connectivity index is 1.89. The molecule has 0 aromatic heterocycles. The Bertz CT molecular complexity index is 341. The van der Waals surface area contributed by atoms with Crippen LogP contribution in [0.1, 0.15) is 25.7 Å². The largest absolute Gasteiger partial charge is 0.365 e. The maximum Gasteiger partial charge on any atom is 0.0527 e. The number of rotatable bonds is 1. The Morgan fingerprint density at radius 1 is 1.06 bits per heavy atom. The minimum Gasteiger partial charge on any atom is -0.365 e. The number of hydrogen-bond acceptors (Lipinski definition) is 2. The van der Waals surface area contributed by atoms with Gasteiger partial charge in [0.2, 0.25) is 0 Å². The normalized spacial score (nSPS) is 29.9. The Morgan fingerprint density at radius 3 is 2.62 bits per heavy atom. The summed E-state index contributed by atoms with van der Waals surface area (Å²) in [7, 11) is 0. The van der Waals surface area contributed by atoms with Crippen LogP contribution in [0, 0.1) is 0 Å². The van der Waals surface area contributed by atoms with E-state index in [1.165, 1.54) is 51.0 Å². The van der Waals surface area contributed by atoms with Crippen molar-refractivity contribution in [1.82, 2.24) is 5.32 Å². The van der Waals surface area contributed by atoms with E-state index in [4.69, 9.17) is 0 Å². The lowest BCUT2D eigenvalue weighted by molar-refractivity contribution is 0.316. The van der Waals surface area contributed by atoms with Gasteiger partial charge < -0.3 is 10.2 Å². The molecule has 16 heavy (non-hydrogen) atoms. The summed E-state index contributed by atoms with van der Waals surface area (Å²) in [4.78, 5) is 2.64. The molecule has 1 aromatic carbocycles. The molecule has 2 heterocycles. The SMILES string of the molecule is c1ccc(N2CCCC23CCCNC3)cc1. The van der Waals surface area contributed by atoms with Crippen molar-refractivity contribution in [2.24, 2.45) is 0 Å². The topological polar surface area (TPSA) is 15.3 Å². The number of piperidine rings is 1. The first-order valence-electron chi connectivity index (χ1n) is 6.44. The fourth-order valence-corrected chi connectivity index (χ4v) is 3.34. The quantitative estimate of drug-likeness (QED) is 0.775. The van der Waals surface area contributed by atoms with Gasteiger partial charge in [-0.25, -0.2) is 0 Å². The third-order valence-electron chi connectivity index (χ3n) is 4.11. The molecule has 0 amide bonds. The lowest BCUT2D eigenvalue weighted by Crippen LogP contribution is -2.54. The molecule has 0 bridgehead atoms. The van der Waals surface area contributed by atoms with Crippen LogP contribution in [0.3, 0.4) is 0 Å². The molecule has 1 N–H and O–H groups in total. The third kappa shape index (κ3) is 1.61. The summed E-state index contributed by atoms with van der Waals surface area (Å²) in [6.45, 7) is 3.60. The maximum atomic E-state index is 3.58. The molecule has 86 valence electrons. The summed E-state index contributed by atoms with van der Waals surface area (Å²) < 4.78 is 0. The van der Waals surface area contributed by atoms with Gasteiger partial charge in [-0.15, -0.1) is 0 Å². The third-order valence-corrected chi connectivity index (χ3v) is 4.11. The number of nitrogens with one attached hydrogen (secondary N) is 1. The van der Waals surface area contributed by atoms with Crippen molar-refractivity contribution in [2.75, 3.05) is 24.5 Å². The zero-order valence-corrected chi connectivity index (χ0v) is 9.78. The van der Waals surface area contributed by atoms with Crippen LogP contribution in [0.15, 0.2) is 30.3 Å². The Morgan fingerprint density at radius 2 is 1.88 bits per heavy atom. The van der Waals surface area contributed by atoms with E-state index in [2.05, 4.69) is 40.5 Å². The van der Waals surface area contributed by atoms with E-state index in [1.807, 2.05) is 0 Å². The first kappa shape index (κ1) is 10.2. The van der Waals surface area contributed by atoms with Crippen LogP contribution in [-0.2, 0) is 0 Å². The van der Waals surface area contributed by atoms with Crippen molar-refractivity contribution in [3.05, 3.63) is 30.3 Å². The summed E-state index contributed by atoms with van der Waals surface area (Å²) in [5, 5.41) is 3.58. The van der Waals surface area contributed by atoms with Crippen molar-refractivity contribution < 1.29 is 0 Å². The molecule has 1 atom stereocenters. The summed E-state index contributed by atoms with van der Waals surface area (Å²) in [6.07, 6.45) is 5.38. The van der Waals surface area contributed by atoms with Gasteiger partial charge in [-0.2, -0.15) is 0 Å². The van der Waals surface area contributed by atoms with E-state index in [0.717, 1.165) is 0 Å². The smallest absolute Gasteiger partial charge is 0.0527 e. The Hall–Kier alpha value is -1.02. The maximum absolute atomic E-state index is 3.58. The molecular weight excluding hydrogens is 196 g/mol. The fourth-order valence-electron chi connectivity index (χ4n) is 3.34. The molecular formula is C14H20N2. The number of hydrogen-bond donors (Lipinski definition) is 1. The van der Waals surface area contributed by atoms with Gasteiger partial charge in [0, 0.05) is 18.8 Å². The lowest BCUT2D eigenvalue weighted by atomic mass is 9.87. The first-order valence-corrected chi connectivity index (χ1v) is 6.44. The van der Waals surface area contributed by atoms with Gasteiger partial charge in [0.25, 0.3) is 0 Å². The van der Waals surface area contributed by atoms with Crippen LogP contribution in [0.25, 0.3) is 0 Å². The van der Waals surface area contributed by atoms with Gasteiger partial charge >= 0.3 is 0 Å². The summed E-state index contributed by atoms with van der Waals surface area (Å²) in [5.74, 6) is 0. The average Bonchev–Trinajstić information content (AvgIpc) is 2.75. The van der Waals surface area contributed by atoms with Gasteiger partial charge in [-0.05, 0) is 44.4 Å². The number of para-hydroxylation sites is 1. The van der Waals surface area contributed by atoms with Crippen molar-refractivity contribution in [3.63, 3.8) is 0 Å². The molecule has 2 nitrogen and oxygen atoms in total. The van der Waals surface area contributed by atoms with Gasteiger partial charge in [-0.3, -0.25) is 0 Å². The molecule has 2 saturated heterocycles. The lowest BCUT2D eigenvalue weighted by Gasteiger charge is -2.43. The molecule has 0 saturated carbocycles. The second-order valence-corrected chi connectivity index (χ2v) is 5.10. The van der Waals surface area contributed by atoms with Crippen molar-refractivity contribution >= 4 is 5.69 Å². The summed E-state index contributed by atoms with van der Waals surface area (Å²) in [6, 6.07) is 10.9. The summed E-state index contributed by atoms with van der Waals surface area (Å²) >= 11 is 0. The zero-order valence-electron chi connectivity index (χ0n) is 9.78. The monoisotopic (exact) mass is 216 g/mol. The van der Waals surface area contributed by atoms with Crippen molar-refractivity contribution in [3.8, 4) is 0 Å². The second-order valence-electron chi connectivity index (χ2n) is 5.10. The number of benzene rings is 1. The predicted octanol–water partition coefficient (Wildman–Crippen LogP) is 2.41. The van der Waals surface area contributed by atoms with Crippen LogP contribution < -0.4 is 10.2 Å². The predicted molar refractivity (Wildman–Crippen MR) is 67.9 cm³/mol. The molecule has 1 unspecified atom stereocenters. The van der Waals surface area contributed by atoms with E-state index >= 15 is 0 Å². The Labute approximate surface area is 97.6 Å². The van der Waals surface area contributed by atoms with E-state index in [0.29, 0.717) is 5.54 Å². The molecule has 2 heteroatoms. The minimum atomic E-state index is 0.416. The standard InChI is InChI=1S/C14H20N2/c1-2-6-13(7-3-1)16-11-5-9-14(16)8-4-10-15-12-14/h1-3,6-7,15H,4-5,8-12H2. The van der Waals surface area contributed by atoms with Gasteiger partial charge in [0.1, 0.15) is 0 Å². The van der Waals surface area contributed by atoms with Gasteiger partial charge in [0.15, 0.2) is 0 Å². The molecule has 1 aromatic rings. The van der Waals surface area contributed by atoms with Crippen LogP contribution in [-0.4, -0.2) is 25.2 Å². The highest BCUT2D eigenvalue weighted by Crippen LogP contribution is 2.38. The van der Waals surface area contributed by atoms with E-state index in [9.17, 15) is 0 Å². The molecule has 0 aliphatic carbocycles. The molecule has 1 spiro atoms. The minimum absolute atomic E-state index is 0.416. The summed E-state index contributed by atoms with van der Waals surface area (Å²) in [5.41, 5.74) is 1.82. The van der Waals surface area contributed by atoms with E-state index < -0.39 is 0 Å². The highest BCUT2D eigenvalue weighted by molar-refractivity contribution is 5.50. The fraction of sp³-hybridized carbons (Fsp3) is 0.571. The number of nitrogens with zero attached hydrogens (tertiary/aromatic N) is 1. The van der Waals surface area contributed by atoms with Gasteiger partial charge in [-0.1, -0.05) is 18.2 Å². The Kier molecular flexibility index (Phi) is 2.60. The second kappa shape index (κ2) is 4.10. The highest BCUT2D eigenvalue weighted by Gasteiger charge is 2.41. The first-order chi connectivity index (χ1) is 7.91. The highest BCUT2D eigenvalue weighted by atomic mass is 15.2. The average molecular weight is 216 g/mol. The molecule has 2 aliphatic heterocycles. The van der Waals surface area contributed by atoms with Crippen molar-refractivity contribution in [1.29, 1.82) is 0 Å². The zero-order chi connectivity index (χ0) is 10.8. The van der Waals surface area contributed by atoms with Crippen LogP contribution >= 0.6 is 0 Å². The van der Waals surface area contributed by atoms with Gasteiger partial charge in [0.05, 0.1) is 5.54 Å². The molecule has 2 aliphatic rings.